The number of aromatic nitrogens is 2. The van der Waals surface area contributed by atoms with Crippen LogP contribution < -0.4 is 5.73 Å². The van der Waals surface area contributed by atoms with E-state index < -0.39 is 0 Å². The molecule has 0 saturated heterocycles. The first-order chi connectivity index (χ1) is 7.75. The number of nitrogen functional groups attached to an aromatic ring is 1. The van der Waals surface area contributed by atoms with E-state index in [0.29, 0.717) is 10.7 Å². The monoisotopic (exact) mass is 231 g/mol. The van der Waals surface area contributed by atoms with Gasteiger partial charge >= 0.3 is 0 Å². The molecule has 1 heterocycles. The lowest BCUT2D eigenvalue weighted by molar-refractivity contribution is 1.17. The molecule has 0 fully saturated rings. The Morgan fingerprint density at radius 1 is 1.12 bits per heavy atom. The summed E-state index contributed by atoms with van der Waals surface area (Å²) in [5.74, 6) is 0.220. The first-order valence-corrected chi connectivity index (χ1v) is 5.14. The van der Waals surface area contributed by atoms with Crippen molar-refractivity contribution in [2.75, 3.05) is 5.73 Å². The van der Waals surface area contributed by atoms with Gasteiger partial charge in [0.1, 0.15) is 0 Å². The predicted octanol–water partition coefficient (Wildman–Crippen LogP) is 2.88. The second-order valence-electron chi connectivity index (χ2n) is 3.21. The van der Waals surface area contributed by atoms with Gasteiger partial charge in [-0.3, -0.25) is 0 Å². The van der Waals surface area contributed by atoms with E-state index in [4.69, 9.17) is 17.3 Å². The Morgan fingerprint density at radius 2 is 1.88 bits per heavy atom. The van der Waals surface area contributed by atoms with Crippen LogP contribution in [0, 0.1) is 0 Å². The quantitative estimate of drug-likeness (QED) is 0.865. The molecule has 0 saturated carbocycles. The molecule has 0 radical (unpaired) electrons. The minimum Gasteiger partial charge on any atom is -0.368 e. The molecule has 0 spiro atoms. The van der Waals surface area contributed by atoms with Crippen molar-refractivity contribution in [3.8, 4) is 0 Å². The van der Waals surface area contributed by atoms with Crippen LogP contribution in [0.4, 0.5) is 5.95 Å². The maximum absolute atomic E-state index is 5.93. The highest BCUT2D eigenvalue weighted by atomic mass is 35.5. The molecule has 0 bridgehead atoms. The Hall–Kier alpha value is -1.87. The number of hydrogen-bond donors (Lipinski definition) is 1. The van der Waals surface area contributed by atoms with E-state index in [0.717, 1.165) is 5.56 Å². The first kappa shape index (κ1) is 10.6. The van der Waals surface area contributed by atoms with Crippen molar-refractivity contribution in [2.45, 2.75) is 0 Å². The molecule has 0 atom stereocenters. The van der Waals surface area contributed by atoms with Crippen LogP contribution in [-0.2, 0) is 0 Å². The summed E-state index contributed by atoms with van der Waals surface area (Å²) in [5, 5.41) is 0.487. The normalized spacial score (nSPS) is 10.8. The summed E-state index contributed by atoms with van der Waals surface area (Å²) in [6.45, 7) is 0. The molecule has 1 aromatic carbocycles. The summed E-state index contributed by atoms with van der Waals surface area (Å²) >= 11 is 5.93. The van der Waals surface area contributed by atoms with E-state index in [9.17, 15) is 0 Å². The number of nitrogens with two attached hydrogens (primary N) is 1. The molecule has 80 valence electrons. The third-order valence-corrected chi connectivity index (χ3v) is 2.31. The summed E-state index contributed by atoms with van der Waals surface area (Å²) in [4.78, 5) is 7.83. The Balaban J connectivity index is 2.27. The standard InChI is InChI=1S/C12H10ClN3/c13-10-8-15-12(14)16-11(10)7-6-9-4-2-1-3-5-9/h1-8H,(H2,14,15,16)/b7-6+. The minimum atomic E-state index is 0.220. The average Bonchev–Trinajstić information content (AvgIpc) is 2.32. The average molecular weight is 232 g/mol. The van der Waals surface area contributed by atoms with E-state index in [2.05, 4.69) is 9.97 Å². The number of halogens is 1. The van der Waals surface area contributed by atoms with Gasteiger partial charge in [-0.25, -0.2) is 9.97 Å². The lowest BCUT2D eigenvalue weighted by Gasteiger charge is -1.98. The van der Waals surface area contributed by atoms with E-state index in [1.807, 2.05) is 42.5 Å². The maximum Gasteiger partial charge on any atom is 0.220 e. The lowest BCUT2D eigenvalue weighted by atomic mass is 10.2. The summed E-state index contributed by atoms with van der Waals surface area (Å²) in [7, 11) is 0. The van der Waals surface area contributed by atoms with Gasteiger partial charge in [0.15, 0.2) is 0 Å². The second kappa shape index (κ2) is 4.77. The van der Waals surface area contributed by atoms with Crippen LogP contribution in [0.15, 0.2) is 36.5 Å². The Labute approximate surface area is 98.6 Å². The second-order valence-corrected chi connectivity index (χ2v) is 3.61. The van der Waals surface area contributed by atoms with Gasteiger partial charge in [-0.2, -0.15) is 0 Å². The summed E-state index contributed by atoms with van der Waals surface area (Å²) < 4.78 is 0. The zero-order valence-corrected chi connectivity index (χ0v) is 9.22. The zero-order chi connectivity index (χ0) is 11.4. The molecular formula is C12H10ClN3. The van der Waals surface area contributed by atoms with Gasteiger partial charge in [0.2, 0.25) is 5.95 Å². The van der Waals surface area contributed by atoms with Gasteiger partial charge in [-0.05, 0) is 11.6 Å². The highest BCUT2D eigenvalue weighted by molar-refractivity contribution is 6.31. The molecule has 16 heavy (non-hydrogen) atoms. The molecule has 0 amide bonds. The maximum atomic E-state index is 5.93. The fraction of sp³-hybridized carbons (Fsp3) is 0. The van der Waals surface area contributed by atoms with Crippen LogP contribution >= 0.6 is 11.6 Å². The summed E-state index contributed by atoms with van der Waals surface area (Å²) in [6.07, 6.45) is 5.23. The zero-order valence-electron chi connectivity index (χ0n) is 8.47. The molecule has 0 aliphatic heterocycles. The first-order valence-electron chi connectivity index (χ1n) is 4.77. The third-order valence-electron chi connectivity index (χ3n) is 2.02. The van der Waals surface area contributed by atoms with E-state index in [1.54, 1.807) is 0 Å². The van der Waals surface area contributed by atoms with Crippen molar-refractivity contribution >= 4 is 29.7 Å². The van der Waals surface area contributed by atoms with Crippen LogP contribution in [-0.4, -0.2) is 9.97 Å². The van der Waals surface area contributed by atoms with E-state index >= 15 is 0 Å². The van der Waals surface area contributed by atoms with Crippen molar-refractivity contribution in [3.05, 3.63) is 52.8 Å². The fourth-order valence-electron chi connectivity index (χ4n) is 1.25. The van der Waals surface area contributed by atoms with Gasteiger partial charge in [-0.15, -0.1) is 0 Å². The van der Waals surface area contributed by atoms with Crippen LogP contribution in [0.2, 0.25) is 5.02 Å². The third kappa shape index (κ3) is 2.58. The highest BCUT2D eigenvalue weighted by Gasteiger charge is 1.99. The Kier molecular flexibility index (Phi) is 3.17. The molecule has 0 aliphatic rings. The lowest BCUT2D eigenvalue weighted by Crippen LogP contribution is -1.95. The van der Waals surface area contributed by atoms with Crippen LogP contribution in [0.25, 0.3) is 12.2 Å². The highest BCUT2D eigenvalue weighted by Crippen LogP contribution is 2.15. The van der Waals surface area contributed by atoms with Crippen molar-refractivity contribution in [3.63, 3.8) is 0 Å². The molecule has 2 rings (SSSR count). The number of hydrogen-bond acceptors (Lipinski definition) is 3. The minimum absolute atomic E-state index is 0.220. The molecule has 1 aromatic heterocycles. The van der Waals surface area contributed by atoms with Gasteiger partial charge in [-0.1, -0.05) is 48.0 Å². The Bertz CT molecular complexity index is 509. The van der Waals surface area contributed by atoms with Gasteiger partial charge < -0.3 is 5.73 Å². The van der Waals surface area contributed by atoms with E-state index in [-0.39, 0.29) is 5.95 Å². The van der Waals surface area contributed by atoms with Gasteiger partial charge in [0.25, 0.3) is 0 Å². The molecule has 0 unspecified atom stereocenters. The van der Waals surface area contributed by atoms with E-state index in [1.165, 1.54) is 6.20 Å². The van der Waals surface area contributed by atoms with Crippen molar-refractivity contribution < 1.29 is 0 Å². The molecule has 2 aromatic rings. The molecular weight excluding hydrogens is 222 g/mol. The van der Waals surface area contributed by atoms with Crippen molar-refractivity contribution in [1.82, 2.24) is 9.97 Å². The number of benzene rings is 1. The summed E-state index contributed by atoms with van der Waals surface area (Å²) in [5.41, 5.74) is 7.18. The van der Waals surface area contributed by atoms with Crippen molar-refractivity contribution in [2.24, 2.45) is 0 Å². The SMILES string of the molecule is Nc1ncc(Cl)c(/C=C/c2ccccc2)n1. The molecule has 4 heteroatoms. The van der Waals surface area contributed by atoms with Crippen LogP contribution in [0.5, 0.6) is 0 Å². The largest absolute Gasteiger partial charge is 0.368 e. The molecule has 0 aliphatic carbocycles. The Morgan fingerprint density at radius 3 is 2.62 bits per heavy atom. The van der Waals surface area contributed by atoms with Crippen molar-refractivity contribution in [1.29, 1.82) is 0 Å². The molecule has 2 N–H and O–H groups in total. The topological polar surface area (TPSA) is 51.8 Å². The van der Waals surface area contributed by atoms with Crippen LogP contribution in [0.3, 0.4) is 0 Å². The number of anilines is 1. The fourth-order valence-corrected chi connectivity index (χ4v) is 1.40. The predicted molar refractivity (Wildman–Crippen MR) is 66.8 cm³/mol. The molecule has 3 nitrogen and oxygen atoms in total. The number of rotatable bonds is 2. The smallest absolute Gasteiger partial charge is 0.220 e. The summed E-state index contributed by atoms with van der Waals surface area (Å²) in [6, 6.07) is 9.89. The van der Waals surface area contributed by atoms with Gasteiger partial charge in [0.05, 0.1) is 16.9 Å². The van der Waals surface area contributed by atoms with Crippen LogP contribution in [0.1, 0.15) is 11.3 Å². The van der Waals surface area contributed by atoms with Gasteiger partial charge in [0, 0.05) is 0 Å². The number of nitrogens with zero attached hydrogens (tertiary/aromatic N) is 2.